The SMILES string of the molecule is CCOC(=O)CCCCCN1CCc2ccccc21. The number of nitrogens with zero attached hydrogens (tertiary/aromatic N) is 1. The summed E-state index contributed by atoms with van der Waals surface area (Å²) in [5.41, 5.74) is 2.86. The average molecular weight is 261 g/mol. The normalized spacial score (nSPS) is 13.4. The fourth-order valence-electron chi connectivity index (χ4n) is 2.62. The van der Waals surface area contributed by atoms with E-state index in [-0.39, 0.29) is 5.97 Å². The lowest BCUT2D eigenvalue weighted by Gasteiger charge is -2.19. The van der Waals surface area contributed by atoms with Crippen molar-refractivity contribution in [2.45, 2.75) is 39.0 Å². The van der Waals surface area contributed by atoms with Crippen molar-refractivity contribution in [2.24, 2.45) is 0 Å². The third kappa shape index (κ3) is 3.98. The molecule has 3 heteroatoms. The average Bonchev–Trinajstić information content (AvgIpc) is 2.82. The molecule has 19 heavy (non-hydrogen) atoms. The summed E-state index contributed by atoms with van der Waals surface area (Å²) in [7, 11) is 0. The molecule has 1 aliphatic heterocycles. The van der Waals surface area contributed by atoms with E-state index < -0.39 is 0 Å². The Morgan fingerprint density at radius 2 is 2.11 bits per heavy atom. The third-order valence-corrected chi connectivity index (χ3v) is 3.60. The zero-order valence-electron chi connectivity index (χ0n) is 11.7. The second kappa shape index (κ2) is 7.17. The lowest BCUT2D eigenvalue weighted by atomic mass is 10.1. The van der Waals surface area contributed by atoms with E-state index in [0.29, 0.717) is 13.0 Å². The summed E-state index contributed by atoms with van der Waals surface area (Å²) in [6.07, 6.45) is 4.91. The zero-order chi connectivity index (χ0) is 13.5. The predicted octanol–water partition coefficient (Wildman–Crippen LogP) is 3.17. The molecular formula is C16H23NO2. The number of fused-ring (bicyclic) bond motifs is 1. The van der Waals surface area contributed by atoms with Gasteiger partial charge in [-0.3, -0.25) is 4.79 Å². The molecule has 0 saturated heterocycles. The number of rotatable bonds is 7. The van der Waals surface area contributed by atoms with Crippen LogP contribution in [0.3, 0.4) is 0 Å². The van der Waals surface area contributed by atoms with Crippen molar-refractivity contribution in [1.82, 2.24) is 0 Å². The monoisotopic (exact) mass is 261 g/mol. The summed E-state index contributed by atoms with van der Waals surface area (Å²) in [5.74, 6) is -0.0611. The molecule has 0 saturated carbocycles. The Labute approximate surface area is 115 Å². The van der Waals surface area contributed by atoms with Crippen LogP contribution in [0.2, 0.25) is 0 Å². The molecule has 0 N–H and O–H groups in total. The Balaban J connectivity index is 1.64. The van der Waals surface area contributed by atoms with Gasteiger partial charge in [-0.25, -0.2) is 0 Å². The summed E-state index contributed by atoms with van der Waals surface area (Å²) in [6, 6.07) is 8.65. The number of hydrogen-bond acceptors (Lipinski definition) is 3. The van der Waals surface area contributed by atoms with E-state index >= 15 is 0 Å². The van der Waals surface area contributed by atoms with E-state index in [1.54, 1.807) is 0 Å². The summed E-state index contributed by atoms with van der Waals surface area (Å²) in [5, 5.41) is 0. The Hall–Kier alpha value is -1.51. The maximum atomic E-state index is 11.2. The number of anilines is 1. The summed E-state index contributed by atoms with van der Waals surface area (Å²) in [6.45, 7) is 4.57. The number of unbranched alkanes of at least 4 members (excludes halogenated alkanes) is 2. The highest BCUT2D eigenvalue weighted by molar-refractivity contribution is 5.69. The van der Waals surface area contributed by atoms with Crippen molar-refractivity contribution >= 4 is 11.7 Å². The number of benzene rings is 1. The number of para-hydroxylation sites is 1. The van der Waals surface area contributed by atoms with Crippen molar-refractivity contribution in [3.05, 3.63) is 29.8 Å². The number of carbonyl (C=O) groups excluding carboxylic acids is 1. The lowest BCUT2D eigenvalue weighted by Crippen LogP contribution is -2.21. The van der Waals surface area contributed by atoms with Crippen molar-refractivity contribution < 1.29 is 9.53 Å². The smallest absolute Gasteiger partial charge is 0.305 e. The maximum Gasteiger partial charge on any atom is 0.305 e. The van der Waals surface area contributed by atoms with Gasteiger partial charge in [-0.15, -0.1) is 0 Å². The van der Waals surface area contributed by atoms with E-state index in [1.165, 1.54) is 17.7 Å². The van der Waals surface area contributed by atoms with E-state index in [4.69, 9.17) is 4.74 Å². The number of esters is 1. The molecule has 0 atom stereocenters. The van der Waals surface area contributed by atoms with Crippen LogP contribution in [0.5, 0.6) is 0 Å². The molecule has 0 aromatic heterocycles. The molecule has 1 heterocycles. The molecule has 0 spiro atoms. The van der Waals surface area contributed by atoms with Crippen LogP contribution >= 0.6 is 0 Å². The van der Waals surface area contributed by atoms with Gasteiger partial charge in [0.2, 0.25) is 0 Å². The molecule has 3 nitrogen and oxygen atoms in total. The van der Waals surface area contributed by atoms with Crippen LogP contribution in [0.15, 0.2) is 24.3 Å². The summed E-state index contributed by atoms with van der Waals surface area (Å²) in [4.78, 5) is 13.7. The van der Waals surface area contributed by atoms with Gasteiger partial charge >= 0.3 is 5.97 Å². The minimum absolute atomic E-state index is 0.0611. The van der Waals surface area contributed by atoms with E-state index in [0.717, 1.165) is 32.4 Å². The first-order valence-corrected chi connectivity index (χ1v) is 7.29. The van der Waals surface area contributed by atoms with Gasteiger partial charge in [0.15, 0.2) is 0 Å². The van der Waals surface area contributed by atoms with Gasteiger partial charge in [0.1, 0.15) is 0 Å². The van der Waals surface area contributed by atoms with Crippen LogP contribution in [-0.2, 0) is 16.0 Å². The molecular weight excluding hydrogens is 238 g/mol. The molecule has 104 valence electrons. The molecule has 0 radical (unpaired) electrons. The van der Waals surface area contributed by atoms with E-state index in [9.17, 15) is 4.79 Å². The van der Waals surface area contributed by atoms with Crippen LogP contribution in [0, 0.1) is 0 Å². The van der Waals surface area contributed by atoms with Gasteiger partial charge in [0.25, 0.3) is 0 Å². The van der Waals surface area contributed by atoms with Gasteiger partial charge in [0.05, 0.1) is 6.61 Å². The molecule has 0 fully saturated rings. The molecule has 2 rings (SSSR count). The highest BCUT2D eigenvalue weighted by Gasteiger charge is 2.17. The first kappa shape index (κ1) is 13.9. The Morgan fingerprint density at radius 1 is 1.26 bits per heavy atom. The van der Waals surface area contributed by atoms with Gasteiger partial charge in [0, 0.05) is 25.2 Å². The molecule has 0 unspecified atom stereocenters. The van der Waals surface area contributed by atoms with Crippen molar-refractivity contribution in [1.29, 1.82) is 0 Å². The van der Waals surface area contributed by atoms with Gasteiger partial charge in [-0.2, -0.15) is 0 Å². The summed E-state index contributed by atoms with van der Waals surface area (Å²) >= 11 is 0. The number of ether oxygens (including phenoxy) is 1. The van der Waals surface area contributed by atoms with Crippen LogP contribution in [0.25, 0.3) is 0 Å². The van der Waals surface area contributed by atoms with Gasteiger partial charge < -0.3 is 9.64 Å². The van der Waals surface area contributed by atoms with Gasteiger partial charge in [-0.05, 0) is 37.8 Å². The van der Waals surface area contributed by atoms with Crippen LogP contribution in [0.4, 0.5) is 5.69 Å². The minimum atomic E-state index is -0.0611. The van der Waals surface area contributed by atoms with Crippen molar-refractivity contribution in [3.63, 3.8) is 0 Å². The molecule has 0 bridgehead atoms. The molecule has 0 amide bonds. The van der Waals surface area contributed by atoms with Crippen LogP contribution in [-0.4, -0.2) is 25.7 Å². The Kier molecular flexibility index (Phi) is 5.25. The molecule has 1 aliphatic rings. The second-order valence-electron chi connectivity index (χ2n) is 4.98. The quantitative estimate of drug-likeness (QED) is 0.558. The Bertz CT molecular complexity index is 417. The van der Waals surface area contributed by atoms with Crippen LogP contribution in [0.1, 0.15) is 38.2 Å². The van der Waals surface area contributed by atoms with Crippen LogP contribution < -0.4 is 4.90 Å². The standard InChI is InChI=1S/C16H23NO2/c1-2-19-16(18)10-4-3-7-12-17-13-11-14-8-5-6-9-15(14)17/h5-6,8-9H,2-4,7,10-13H2,1H3. The minimum Gasteiger partial charge on any atom is -0.466 e. The van der Waals surface area contributed by atoms with Crippen molar-refractivity contribution in [2.75, 3.05) is 24.6 Å². The highest BCUT2D eigenvalue weighted by atomic mass is 16.5. The predicted molar refractivity (Wildman–Crippen MR) is 77.5 cm³/mol. The molecule has 1 aromatic carbocycles. The fourth-order valence-corrected chi connectivity index (χ4v) is 2.62. The number of carbonyl (C=O) groups is 1. The summed E-state index contributed by atoms with van der Waals surface area (Å²) < 4.78 is 4.92. The third-order valence-electron chi connectivity index (χ3n) is 3.60. The number of hydrogen-bond donors (Lipinski definition) is 0. The zero-order valence-corrected chi connectivity index (χ0v) is 11.7. The van der Waals surface area contributed by atoms with Crippen molar-refractivity contribution in [3.8, 4) is 0 Å². The largest absolute Gasteiger partial charge is 0.466 e. The topological polar surface area (TPSA) is 29.5 Å². The van der Waals surface area contributed by atoms with E-state index in [2.05, 4.69) is 29.2 Å². The second-order valence-corrected chi connectivity index (χ2v) is 4.98. The first-order valence-electron chi connectivity index (χ1n) is 7.29. The Morgan fingerprint density at radius 3 is 2.95 bits per heavy atom. The van der Waals surface area contributed by atoms with Gasteiger partial charge in [-0.1, -0.05) is 24.6 Å². The lowest BCUT2D eigenvalue weighted by molar-refractivity contribution is -0.143. The fraction of sp³-hybridized carbons (Fsp3) is 0.562. The molecule has 0 aliphatic carbocycles. The maximum absolute atomic E-state index is 11.2. The first-order chi connectivity index (χ1) is 9.31. The molecule has 1 aromatic rings. The van der Waals surface area contributed by atoms with E-state index in [1.807, 2.05) is 6.92 Å². The highest BCUT2D eigenvalue weighted by Crippen LogP contribution is 2.27.